The van der Waals surface area contributed by atoms with E-state index in [0.717, 1.165) is 17.0 Å². The average Bonchev–Trinajstić information content (AvgIpc) is 2.76. The molecule has 0 radical (unpaired) electrons. The predicted molar refractivity (Wildman–Crippen MR) is 116 cm³/mol. The van der Waals surface area contributed by atoms with Crippen molar-refractivity contribution in [3.8, 4) is 11.5 Å². The van der Waals surface area contributed by atoms with Gasteiger partial charge >= 0.3 is 12.3 Å². The third-order valence-electron chi connectivity index (χ3n) is 5.81. The number of benzene rings is 3. The number of carbonyl (C=O) groups excluding carboxylic acids is 1. The average molecular weight is 476 g/mol. The molecular weight excluding hydrogens is 456 g/mol. The molecule has 1 fully saturated rings. The molecule has 6 nitrogen and oxygen atoms in total. The molecule has 1 aliphatic rings. The van der Waals surface area contributed by atoms with E-state index in [1.165, 1.54) is 25.1 Å². The van der Waals surface area contributed by atoms with E-state index >= 15 is 0 Å². The number of ether oxygens (including phenoxy) is 1. The summed E-state index contributed by atoms with van der Waals surface area (Å²) in [6.45, 7) is 0.854. The summed E-state index contributed by atoms with van der Waals surface area (Å²) < 4.78 is 58.8. The zero-order valence-corrected chi connectivity index (χ0v) is 17.9. The first-order valence-electron chi connectivity index (χ1n) is 10.3. The van der Waals surface area contributed by atoms with Crippen molar-refractivity contribution in [1.29, 1.82) is 0 Å². The van der Waals surface area contributed by atoms with Crippen molar-refractivity contribution in [3.63, 3.8) is 0 Å². The molecule has 2 amide bonds. The van der Waals surface area contributed by atoms with Crippen molar-refractivity contribution in [2.45, 2.75) is 24.8 Å². The fourth-order valence-electron chi connectivity index (χ4n) is 3.73. The highest BCUT2D eigenvalue weighted by molar-refractivity contribution is 6.00. The van der Waals surface area contributed by atoms with Gasteiger partial charge in [-0.15, -0.1) is 0 Å². The number of carboxylic acid groups (broad SMARTS) is 1. The molecule has 3 aromatic rings. The molecule has 1 unspecified atom stereocenters. The second-order valence-corrected chi connectivity index (χ2v) is 8.18. The van der Waals surface area contributed by atoms with Crippen LogP contribution in [0.2, 0.25) is 0 Å². The summed E-state index contributed by atoms with van der Waals surface area (Å²) >= 11 is 0. The van der Waals surface area contributed by atoms with Crippen LogP contribution in [0.1, 0.15) is 22.8 Å². The second kappa shape index (κ2) is 8.51. The Balaban J connectivity index is 1.48. The van der Waals surface area contributed by atoms with Crippen LogP contribution in [0.3, 0.4) is 0 Å². The highest BCUT2D eigenvalue weighted by Gasteiger charge is 2.50. The normalized spacial score (nSPS) is 16.0. The van der Waals surface area contributed by atoms with E-state index in [1.54, 1.807) is 30.3 Å². The molecule has 10 heteroatoms. The smallest absolute Gasteiger partial charge is 0.416 e. The van der Waals surface area contributed by atoms with Gasteiger partial charge < -0.3 is 20.1 Å². The maximum absolute atomic E-state index is 14.8. The summed E-state index contributed by atoms with van der Waals surface area (Å²) in [5.74, 6) is 0.0954. The Morgan fingerprint density at radius 1 is 1.09 bits per heavy atom. The van der Waals surface area contributed by atoms with E-state index in [-0.39, 0.29) is 24.4 Å². The molecular formula is C24H20F4N2O4. The number of halogens is 4. The van der Waals surface area contributed by atoms with Crippen molar-refractivity contribution < 1.29 is 37.0 Å². The minimum atomic E-state index is -4.44. The zero-order valence-electron chi connectivity index (χ0n) is 17.9. The number of alkyl halides is 4. The van der Waals surface area contributed by atoms with Crippen LogP contribution >= 0.6 is 0 Å². The van der Waals surface area contributed by atoms with E-state index in [0.29, 0.717) is 16.5 Å². The van der Waals surface area contributed by atoms with Crippen LogP contribution in [0, 0.1) is 0 Å². The van der Waals surface area contributed by atoms with Crippen molar-refractivity contribution >= 4 is 22.8 Å². The minimum absolute atomic E-state index is 0.222. The molecule has 0 aromatic heterocycles. The monoisotopic (exact) mass is 476 g/mol. The van der Waals surface area contributed by atoms with E-state index in [9.17, 15) is 27.2 Å². The summed E-state index contributed by atoms with van der Waals surface area (Å²) in [6, 6.07) is 13.2. The first-order chi connectivity index (χ1) is 16.0. The van der Waals surface area contributed by atoms with E-state index < -0.39 is 35.5 Å². The summed E-state index contributed by atoms with van der Waals surface area (Å²) in [5.41, 5.74) is -2.35. The van der Waals surface area contributed by atoms with Crippen LogP contribution in [0.25, 0.3) is 10.8 Å². The van der Waals surface area contributed by atoms with Gasteiger partial charge in [0.15, 0.2) is 5.67 Å². The maximum atomic E-state index is 14.8. The number of likely N-dealkylation sites (tertiary alicyclic amines) is 1. The molecule has 1 atom stereocenters. The van der Waals surface area contributed by atoms with E-state index in [1.807, 2.05) is 0 Å². The number of hydrogen-bond acceptors (Lipinski definition) is 3. The Hall–Kier alpha value is -3.82. The van der Waals surface area contributed by atoms with E-state index in [2.05, 4.69) is 5.32 Å². The lowest BCUT2D eigenvalue weighted by Gasteiger charge is -2.46. The number of carbonyl (C=O) groups is 2. The van der Waals surface area contributed by atoms with Crippen molar-refractivity contribution in [2.75, 3.05) is 13.1 Å². The molecule has 1 saturated heterocycles. The Labute approximate surface area is 191 Å². The van der Waals surface area contributed by atoms with Crippen LogP contribution in [0.15, 0.2) is 60.7 Å². The topological polar surface area (TPSA) is 78.9 Å². The van der Waals surface area contributed by atoms with Gasteiger partial charge in [-0.25, -0.2) is 9.18 Å². The molecule has 178 valence electrons. The number of nitrogens with zero attached hydrogens (tertiary/aromatic N) is 1. The van der Waals surface area contributed by atoms with Gasteiger partial charge in [0.1, 0.15) is 11.5 Å². The zero-order chi connectivity index (χ0) is 24.7. The molecule has 34 heavy (non-hydrogen) atoms. The van der Waals surface area contributed by atoms with Crippen LogP contribution in [0.4, 0.5) is 22.4 Å². The fraction of sp³-hybridized carbons (Fsp3) is 0.250. The summed E-state index contributed by atoms with van der Waals surface area (Å²) in [4.78, 5) is 24.5. The third-order valence-corrected chi connectivity index (χ3v) is 5.81. The van der Waals surface area contributed by atoms with Crippen LogP contribution in [-0.2, 0) is 6.18 Å². The Morgan fingerprint density at radius 2 is 1.76 bits per heavy atom. The summed E-state index contributed by atoms with van der Waals surface area (Å²) in [7, 11) is 0. The standard InChI is InChI=1S/C24H20F4N2O4/c1-14(23(25)12-30(13-23)22(32)33)29-21(31)16-5-10-19-15(11-16)3-2-4-20(19)34-18-8-6-17(7-9-18)24(26,27)28/h2-11,14H,12-13H2,1H3,(H,29,31)(H,32,33). The number of amides is 2. The molecule has 0 spiro atoms. The second-order valence-electron chi connectivity index (χ2n) is 8.18. The van der Waals surface area contributed by atoms with Gasteiger partial charge in [-0.2, -0.15) is 13.2 Å². The quantitative estimate of drug-likeness (QED) is 0.479. The van der Waals surface area contributed by atoms with Gasteiger partial charge in [0.05, 0.1) is 24.7 Å². The number of nitrogens with one attached hydrogen (secondary N) is 1. The van der Waals surface area contributed by atoms with Gasteiger partial charge in [0, 0.05) is 10.9 Å². The van der Waals surface area contributed by atoms with Gasteiger partial charge in [0.2, 0.25) is 0 Å². The van der Waals surface area contributed by atoms with Crippen LogP contribution in [0.5, 0.6) is 11.5 Å². The lowest BCUT2D eigenvalue weighted by atomic mass is 9.89. The van der Waals surface area contributed by atoms with Crippen LogP contribution < -0.4 is 10.1 Å². The largest absolute Gasteiger partial charge is 0.465 e. The van der Waals surface area contributed by atoms with Crippen molar-refractivity contribution in [2.24, 2.45) is 0 Å². The lowest BCUT2D eigenvalue weighted by Crippen LogP contribution is -2.68. The Kier molecular flexibility index (Phi) is 5.84. The van der Waals surface area contributed by atoms with Gasteiger partial charge in [0.25, 0.3) is 5.91 Å². The van der Waals surface area contributed by atoms with Gasteiger partial charge in [-0.1, -0.05) is 12.1 Å². The highest BCUT2D eigenvalue weighted by atomic mass is 19.4. The molecule has 0 saturated carbocycles. The predicted octanol–water partition coefficient (Wildman–Crippen LogP) is 5.47. The molecule has 3 aromatic carbocycles. The Bertz CT molecular complexity index is 1240. The lowest BCUT2D eigenvalue weighted by molar-refractivity contribution is -0.137. The number of hydrogen-bond donors (Lipinski definition) is 2. The molecule has 1 heterocycles. The molecule has 1 aliphatic heterocycles. The number of rotatable bonds is 5. The molecule has 4 rings (SSSR count). The minimum Gasteiger partial charge on any atom is -0.465 e. The van der Waals surface area contributed by atoms with Gasteiger partial charge in [-0.05, 0) is 60.8 Å². The first-order valence-corrected chi connectivity index (χ1v) is 10.3. The molecule has 0 bridgehead atoms. The SMILES string of the molecule is CC(NC(=O)c1ccc2c(Oc3ccc(C(F)(F)F)cc3)cccc2c1)C1(F)CN(C(=O)O)C1. The van der Waals surface area contributed by atoms with Crippen LogP contribution in [-0.4, -0.2) is 46.8 Å². The fourth-order valence-corrected chi connectivity index (χ4v) is 3.73. The summed E-state index contributed by atoms with van der Waals surface area (Å²) in [5, 5.41) is 12.7. The summed E-state index contributed by atoms with van der Waals surface area (Å²) in [6.07, 6.45) is -5.65. The number of fused-ring (bicyclic) bond motifs is 1. The van der Waals surface area contributed by atoms with Gasteiger partial charge in [-0.3, -0.25) is 4.79 Å². The Morgan fingerprint density at radius 3 is 2.38 bits per heavy atom. The molecule has 2 N–H and O–H groups in total. The van der Waals surface area contributed by atoms with E-state index in [4.69, 9.17) is 9.84 Å². The molecule has 0 aliphatic carbocycles. The third kappa shape index (κ3) is 4.61. The highest BCUT2D eigenvalue weighted by Crippen LogP contribution is 2.34. The van der Waals surface area contributed by atoms with Crippen molar-refractivity contribution in [3.05, 3.63) is 71.8 Å². The maximum Gasteiger partial charge on any atom is 0.416 e. The van der Waals surface area contributed by atoms with Crippen molar-refractivity contribution in [1.82, 2.24) is 10.2 Å². The first kappa shape index (κ1) is 23.3.